The Labute approximate surface area is 172 Å². The van der Waals surface area contributed by atoms with Crippen LogP contribution in [0.15, 0.2) is 33.9 Å². The summed E-state index contributed by atoms with van der Waals surface area (Å²) in [4.78, 5) is 16.4. The summed E-state index contributed by atoms with van der Waals surface area (Å²) >= 11 is 1.17. The molecule has 2 aliphatic heterocycles. The van der Waals surface area contributed by atoms with Crippen LogP contribution in [0.2, 0.25) is 0 Å². The Morgan fingerprint density at radius 2 is 1.90 bits per heavy atom. The van der Waals surface area contributed by atoms with E-state index in [0.29, 0.717) is 38.2 Å². The Hall–Kier alpha value is -1.98. The van der Waals surface area contributed by atoms with Crippen molar-refractivity contribution in [1.82, 2.24) is 20.0 Å². The van der Waals surface area contributed by atoms with Crippen LogP contribution in [0.3, 0.4) is 0 Å². The predicted molar refractivity (Wildman–Crippen MR) is 106 cm³/mol. The predicted octanol–water partition coefficient (Wildman–Crippen LogP) is 1.30. The summed E-state index contributed by atoms with van der Waals surface area (Å²) in [5.41, 5.74) is 0.613. The third-order valence-corrected chi connectivity index (χ3v) is 7.76. The highest BCUT2D eigenvalue weighted by atomic mass is 32.2. The van der Waals surface area contributed by atoms with Crippen LogP contribution in [0.4, 0.5) is 4.39 Å². The van der Waals surface area contributed by atoms with Crippen LogP contribution in [0.5, 0.6) is 0 Å². The molecule has 4 rings (SSSR count). The largest absolute Gasteiger partial charge is 0.411 e. The normalized spacial score (nSPS) is 22.1. The van der Waals surface area contributed by atoms with Gasteiger partial charge >= 0.3 is 0 Å². The molecule has 2 aliphatic rings. The Bertz CT molecular complexity index is 972. The fourth-order valence-electron chi connectivity index (χ4n) is 3.59. The van der Waals surface area contributed by atoms with E-state index < -0.39 is 9.84 Å². The van der Waals surface area contributed by atoms with Crippen LogP contribution in [0.25, 0.3) is 11.5 Å². The Morgan fingerprint density at radius 3 is 2.55 bits per heavy atom. The van der Waals surface area contributed by atoms with Crippen LogP contribution in [0, 0.1) is 5.82 Å². The number of thioether (sulfide) groups is 1. The molecule has 29 heavy (non-hydrogen) atoms. The highest BCUT2D eigenvalue weighted by Crippen LogP contribution is 2.24. The lowest BCUT2D eigenvalue weighted by molar-refractivity contribution is -0.130. The summed E-state index contributed by atoms with van der Waals surface area (Å²) in [6.07, 6.45) is 0.680. The standard InChI is InChI=1S/C18H21FN4O4S2/c19-14-3-1-13(2-4-14)17-20-21-18(27-17)28-11-16(24)23-8-6-22(7-9-23)15-5-10-29(25,26)12-15/h1-4,15H,5-12H2. The molecular weight excluding hydrogens is 419 g/mol. The fourth-order valence-corrected chi connectivity index (χ4v) is 6.02. The van der Waals surface area contributed by atoms with Crippen molar-refractivity contribution in [3.05, 3.63) is 30.1 Å². The maximum atomic E-state index is 13.0. The number of carbonyl (C=O) groups excluding carboxylic acids is 1. The molecule has 11 heteroatoms. The summed E-state index contributed by atoms with van der Waals surface area (Å²) in [5.74, 6) is 0.587. The lowest BCUT2D eigenvalue weighted by Crippen LogP contribution is -2.52. The maximum absolute atomic E-state index is 13.0. The van der Waals surface area contributed by atoms with Gasteiger partial charge in [0.25, 0.3) is 5.22 Å². The third kappa shape index (κ3) is 4.96. The number of benzene rings is 1. The number of sulfone groups is 1. The summed E-state index contributed by atoms with van der Waals surface area (Å²) in [7, 11) is -2.90. The second kappa shape index (κ2) is 8.41. The van der Waals surface area contributed by atoms with Gasteiger partial charge in [-0.2, -0.15) is 0 Å². The van der Waals surface area contributed by atoms with Gasteiger partial charge in [-0.05, 0) is 30.7 Å². The molecule has 0 saturated carbocycles. The zero-order chi connectivity index (χ0) is 20.4. The lowest BCUT2D eigenvalue weighted by atomic mass is 10.2. The summed E-state index contributed by atoms with van der Waals surface area (Å²) < 4.78 is 41.8. The molecule has 1 aromatic carbocycles. The molecule has 0 bridgehead atoms. The van der Waals surface area contributed by atoms with E-state index in [-0.39, 0.29) is 46.1 Å². The quantitative estimate of drug-likeness (QED) is 0.642. The maximum Gasteiger partial charge on any atom is 0.277 e. The number of rotatable bonds is 5. The van der Waals surface area contributed by atoms with E-state index in [0.717, 1.165) is 0 Å². The zero-order valence-corrected chi connectivity index (χ0v) is 17.3. The van der Waals surface area contributed by atoms with Crippen LogP contribution < -0.4 is 0 Å². The molecule has 3 heterocycles. The minimum absolute atomic E-state index is 0.0183. The van der Waals surface area contributed by atoms with Crippen molar-refractivity contribution in [2.75, 3.05) is 43.4 Å². The molecule has 2 saturated heterocycles. The second-order valence-electron chi connectivity index (χ2n) is 7.14. The van der Waals surface area contributed by atoms with Gasteiger partial charge in [-0.25, -0.2) is 12.8 Å². The van der Waals surface area contributed by atoms with E-state index in [9.17, 15) is 17.6 Å². The van der Waals surface area contributed by atoms with E-state index in [2.05, 4.69) is 15.1 Å². The molecule has 0 aliphatic carbocycles. The first-order valence-electron chi connectivity index (χ1n) is 9.34. The van der Waals surface area contributed by atoms with Crippen molar-refractivity contribution in [2.24, 2.45) is 0 Å². The number of hydrogen-bond donors (Lipinski definition) is 0. The third-order valence-electron chi connectivity index (χ3n) is 5.21. The van der Waals surface area contributed by atoms with Gasteiger partial charge in [0, 0.05) is 37.8 Å². The Balaban J connectivity index is 1.25. The molecule has 0 spiro atoms. The molecule has 2 aromatic rings. The van der Waals surface area contributed by atoms with E-state index in [1.54, 1.807) is 17.0 Å². The summed E-state index contributed by atoms with van der Waals surface area (Å²) in [6, 6.07) is 5.82. The van der Waals surface area contributed by atoms with Crippen molar-refractivity contribution < 1.29 is 22.0 Å². The Morgan fingerprint density at radius 1 is 1.17 bits per heavy atom. The number of aromatic nitrogens is 2. The number of nitrogens with zero attached hydrogens (tertiary/aromatic N) is 4. The average molecular weight is 441 g/mol. The van der Waals surface area contributed by atoms with Crippen LogP contribution in [-0.4, -0.2) is 83.8 Å². The van der Waals surface area contributed by atoms with Gasteiger partial charge in [-0.1, -0.05) is 11.8 Å². The number of amides is 1. The molecule has 1 atom stereocenters. The van der Waals surface area contributed by atoms with E-state index in [1.165, 1.54) is 23.9 Å². The van der Waals surface area contributed by atoms with E-state index >= 15 is 0 Å². The van der Waals surface area contributed by atoms with E-state index in [4.69, 9.17) is 4.42 Å². The van der Waals surface area contributed by atoms with Crippen LogP contribution in [0.1, 0.15) is 6.42 Å². The summed E-state index contributed by atoms with van der Waals surface area (Å²) in [6.45, 7) is 2.54. The van der Waals surface area contributed by atoms with Gasteiger partial charge in [0.15, 0.2) is 9.84 Å². The van der Waals surface area contributed by atoms with Crippen molar-refractivity contribution in [2.45, 2.75) is 17.7 Å². The van der Waals surface area contributed by atoms with Gasteiger partial charge in [-0.3, -0.25) is 9.69 Å². The first kappa shape index (κ1) is 20.3. The second-order valence-corrected chi connectivity index (χ2v) is 10.3. The minimum Gasteiger partial charge on any atom is -0.411 e. The molecule has 1 unspecified atom stereocenters. The first-order chi connectivity index (χ1) is 13.9. The molecule has 0 radical (unpaired) electrons. The molecule has 1 amide bonds. The summed E-state index contributed by atoms with van der Waals surface area (Å²) in [5, 5.41) is 8.14. The van der Waals surface area contributed by atoms with Crippen LogP contribution >= 0.6 is 11.8 Å². The Kier molecular flexibility index (Phi) is 5.88. The SMILES string of the molecule is O=C(CSc1nnc(-c2ccc(F)cc2)o1)N1CCN(C2CCS(=O)(=O)C2)CC1. The average Bonchev–Trinajstić information content (AvgIpc) is 3.33. The monoisotopic (exact) mass is 440 g/mol. The van der Waals surface area contributed by atoms with Crippen molar-refractivity contribution in [3.63, 3.8) is 0 Å². The smallest absolute Gasteiger partial charge is 0.277 e. The van der Waals surface area contributed by atoms with Gasteiger partial charge in [0.2, 0.25) is 11.8 Å². The van der Waals surface area contributed by atoms with Gasteiger partial charge in [-0.15, -0.1) is 10.2 Å². The van der Waals surface area contributed by atoms with Gasteiger partial charge in [0.05, 0.1) is 17.3 Å². The lowest BCUT2D eigenvalue weighted by Gasteiger charge is -2.37. The van der Waals surface area contributed by atoms with Gasteiger partial charge < -0.3 is 9.32 Å². The molecule has 156 valence electrons. The molecular formula is C18H21FN4O4S2. The number of carbonyl (C=O) groups is 1. The zero-order valence-electron chi connectivity index (χ0n) is 15.7. The number of hydrogen-bond acceptors (Lipinski definition) is 8. The first-order valence-corrected chi connectivity index (χ1v) is 12.1. The van der Waals surface area contributed by atoms with Crippen molar-refractivity contribution in [1.29, 1.82) is 0 Å². The van der Waals surface area contributed by atoms with Crippen molar-refractivity contribution >= 4 is 27.5 Å². The number of halogens is 1. The topological polar surface area (TPSA) is 96.6 Å². The van der Waals surface area contributed by atoms with Crippen molar-refractivity contribution in [3.8, 4) is 11.5 Å². The molecule has 1 aromatic heterocycles. The van der Waals surface area contributed by atoms with Crippen LogP contribution in [-0.2, 0) is 14.6 Å². The highest BCUT2D eigenvalue weighted by molar-refractivity contribution is 7.99. The van der Waals surface area contributed by atoms with Gasteiger partial charge in [0.1, 0.15) is 5.82 Å². The molecule has 8 nitrogen and oxygen atoms in total. The fraction of sp³-hybridized carbons (Fsp3) is 0.500. The highest BCUT2D eigenvalue weighted by Gasteiger charge is 2.34. The number of piperazine rings is 1. The molecule has 0 N–H and O–H groups in total. The van der Waals surface area contributed by atoms with E-state index in [1.807, 2.05) is 0 Å². The minimum atomic E-state index is -2.90. The molecule has 2 fully saturated rings.